The topological polar surface area (TPSA) is 91.4 Å². The Morgan fingerprint density at radius 1 is 1.03 bits per heavy atom. The number of nitrogens with zero attached hydrogens (tertiary/aromatic N) is 2. The molecule has 0 aliphatic heterocycles. The van der Waals surface area contributed by atoms with E-state index in [0.717, 1.165) is 17.5 Å². The first-order valence-corrected chi connectivity index (χ1v) is 10.6. The predicted molar refractivity (Wildman–Crippen MR) is 123 cm³/mol. The molecule has 1 heterocycles. The van der Waals surface area contributed by atoms with Crippen molar-refractivity contribution in [1.82, 2.24) is 10.3 Å². The number of amides is 3. The van der Waals surface area contributed by atoms with Crippen LogP contribution in [0.4, 0.5) is 11.5 Å². The van der Waals surface area contributed by atoms with Crippen molar-refractivity contribution in [3.8, 4) is 0 Å². The Kier molecular flexibility index (Phi) is 9.18. The van der Waals surface area contributed by atoms with Crippen LogP contribution in [0.2, 0.25) is 0 Å². The average molecular weight is 425 g/mol. The molecule has 0 fully saturated rings. The van der Waals surface area contributed by atoms with Gasteiger partial charge in [-0.25, -0.2) is 4.98 Å². The average Bonchev–Trinajstić information content (AvgIpc) is 2.72. The van der Waals surface area contributed by atoms with Gasteiger partial charge in [0.25, 0.3) is 0 Å². The highest BCUT2D eigenvalue weighted by Crippen LogP contribution is 2.22. The number of carbonyl (C=O) groups is 3. The minimum atomic E-state index is -0.297. The third kappa shape index (κ3) is 8.20. The number of rotatable bonds is 10. The van der Waals surface area contributed by atoms with Crippen LogP contribution < -0.4 is 15.5 Å². The van der Waals surface area contributed by atoms with Crippen LogP contribution in [-0.2, 0) is 14.4 Å². The van der Waals surface area contributed by atoms with E-state index < -0.39 is 0 Å². The second-order valence-corrected chi connectivity index (χ2v) is 8.07. The lowest BCUT2D eigenvalue weighted by Gasteiger charge is -2.25. The molecule has 0 atom stereocenters. The van der Waals surface area contributed by atoms with Crippen molar-refractivity contribution in [3.05, 3.63) is 53.7 Å². The molecule has 7 nitrogen and oxygen atoms in total. The first-order chi connectivity index (χ1) is 14.8. The fraction of sp³-hybridized carbons (Fsp3) is 0.417. The molecule has 166 valence electrons. The van der Waals surface area contributed by atoms with E-state index in [0.29, 0.717) is 24.0 Å². The maximum absolute atomic E-state index is 13.0. The Morgan fingerprint density at radius 2 is 1.81 bits per heavy atom. The Balaban J connectivity index is 2.06. The summed E-state index contributed by atoms with van der Waals surface area (Å²) in [7, 11) is 0. The van der Waals surface area contributed by atoms with Gasteiger partial charge in [0.1, 0.15) is 12.4 Å². The number of aromatic nitrogens is 1. The van der Waals surface area contributed by atoms with E-state index in [1.807, 2.05) is 32.0 Å². The molecular formula is C24H32N4O3. The van der Waals surface area contributed by atoms with Gasteiger partial charge in [-0.1, -0.05) is 32.0 Å². The third-order valence-electron chi connectivity index (χ3n) is 4.80. The highest BCUT2D eigenvalue weighted by Gasteiger charge is 2.21. The lowest BCUT2D eigenvalue weighted by Crippen LogP contribution is -2.42. The molecule has 31 heavy (non-hydrogen) atoms. The first kappa shape index (κ1) is 24.1. The van der Waals surface area contributed by atoms with Crippen LogP contribution in [0.15, 0.2) is 42.6 Å². The van der Waals surface area contributed by atoms with Crippen molar-refractivity contribution >= 4 is 29.2 Å². The molecule has 0 bridgehead atoms. The van der Waals surface area contributed by atoms with E-state index in [4.69, 9.17) is 0 Å². The van der Waals surface area contributed by atoms with Crippen LogP contribution in [0.5, 0.6) is 0 Å². The van der Waals surface area contributed by atoms with Crippen molar-refractivity contribution in [3.63, 3.8) is 0 Å². The normalized spacial score (nSPS) is 10.6. The van der Waals surface area contributed by atoms with Crippen molar-refractivity contribution in [2.75, 3.05) is 23.3 Å². The van der Waals surface area contributed by atoms with Gasteiger partial charge < -0.3 is 15.5 Å². The summed E-state index contributed by atoms with van der Waals surface area (Å²) in [6, 6.07) is 11.0. The van der Waals surface area contributed by atoms with Gasteiger partial charge >= 0.3 is 0 Å². The van der Waals surface area contributed by atoms with Gasteiger partial charge in [0.15, 0.2) is 0 Å². The summed E-state index contributed by atoms with van der Waals surface area (Å²) >= 11 is 0. The standard InChI is InChI=1S/C24H32N4O3/c1-17(2)12-14-26-23(30)16-28(20-15-18(3)8-9-19(20)4)24(31)11-10-22(29)27-21-7-5-6-13-25-21/h5-9,13,15,17H,10-12,14,16H2,1-4H3,(H,26,30)(H,25,27,29). The van der Waals surface area contributed by atoms with E-state index in [-0.39, 0.29) is 37.1 Å². The van der Waals surface area contributed by atoms with Crippen LogP contribution >= 0.6 is 0 Å². The third-order valence-corrected chi connectivity index (χ3v) is 4.80. The molecule has 1 aromatic heterocycles. The number of benzene rings is 1. The number of pyridine rings is 1. The fourth-order valence-corrected chi connectivity index (χ4v) is 3.02. The number of hydrogen-bond donors (Lipinski definition) is 2. The van der Waals surface area contributed by atoms with Crippen LogP contribution in [0.25, 0.3) is 0 Å². The number of aryl methyl sites for hydroxylation is 2. The smallest absolute Gasteiger partial charge is 0.240 e. The summed E-state index contributed by atoms with van der Waals surface area (Å²) in [5.41, 5.74) is 2.58. The minimum absolute atomic E-state index is 0.00569. The summed E-state index contributed by atoms with van der Waals surface area (Å²) in [6.45, 7) is 8.51. The van der Waals surface area contributed by atoms with Crippen molar-refractivity contribution < 1.29 is 14.4 Å². The minimum Gasteiger partial charge on any atom is -0.355 e. The molecule has 0 saturated carbocycles. The maximum atomic E-state index is 13.0. The second-order valence-electron chi connectivity index (χ2n) is 8.07. The quantitative estimate of drug-likeness (QED) is 0.609. The monoisotopic (exact) mass is 424 g/mol. The lowest BCUT2D eigenvalue weighted by molar-refractivity contribution is -0.125. The predicted octanol–water partition coefficient (Wildman–Crippen LogP) is 3.61. The number of carbonyl (C=O) groups excluding carboxylic acids is 3. The molecule has 2 aromatic rings. The van der Waals surface area contributed by atoms with Gasteiger partial charge in [0, 0.05) is 31.3 Å². The van der Waals surface area contributed by atoms with Crippen LogP contribution in [-0.4, -0.2) is 35.8 Å². The molecule has 3 amide bonds. The van der Waals surface area contributed by atoms with E-state index in [1.165, 1.54) is 4.90 Å². The Morgan fingerprint density at radius 3 is 2.48 bits per heavy atom. The first-order valence-electron chi connectivity index (χ1n) is 10.6. The Labute approximate surface area is 184 Å². The van der Waals surface area contributed by atoms with Gasteiger partial charge in [-0.3, -0.25) is 14.4 Å². The zero-order valence-electron chi connectivity index (χ0n) is 18.8. The summed E-state index contributed by atoms with van der Waals surface area (Å²) < 4.78 is 0. The SMILES string of the molecule is Cc1ccc(C)c(N(CC(=O)NCCC(C)C)C(=O)CCC(=O)Nc2ccccn2)c1. The largest absolute Gasteiger partial charge is 0.355 e. The molecule has 0 spiro atoms. The van der Waals surface area contributed by atoms with Gasteiger partial charge in [-0.2, -0.15) is 0 Å². The van der Waals surface area contributed by atoms with Crippen molar-refractivity contribution in [1.29, 1.82) is 0 Å². The molecule has 7 heteroatoms. The molecular weight excluding hydrogens is 392 g/mol. The maximum Gasteiger partial charge on any atom is 0.240 e. The molecule has 0 saturated heterocycles. The zero-order chi connectivity index (χ0) is 22.8. The van der Waals surface area contributed by atoms with Gasteiger partial charge in [0.05, 0.1) is 0 Å². The second kappa shape index (κ2) is 11.8. The van der Waals surface area contributed by atoms with Crippen LogP contribution in [0, 0.1) is 19.8 Å². The molecule has 0 aliphatic rings. The van der Waals surface area contributed by atoms with E-state index >= 15 is 0 Å². The van der Waals surface area contributed by atoms with E-state index in [2.05, 4.69) is 29.5 Å². The Hall–Kier alpha value is -3.22. The van der Waals surface area contributed by atoms with Crippen LogP contribution in [0.1, 0.15) is 44.2 Å². The van der Waals surface area contributed by atoms with Gasteiger partial charge in [0.2, 0.25) is 17.7 Å². The summed E-state index contributed by atoms with van der Waals surface area (Å²) in [4.78, 5) is 43.3. The van der Waals surface area contributed by atoms with Crippen molar-refractivity contribution in [2.24, 2.45) is 5.92 Å². The highest BCUT2D eigenvalue weighted by molar-refractivity contribution is 6.01. The fourth-order valence-electron chi connectivity index (χ4n) is 3.02. The number of anilines is 2. The molecule has 0 radical (unpaired) electrons. The van der Waals surface area contributed by atoms with E-state index in [9.17, 15) is 14.4 Å². The molecule has 2 rings (SSSR count). The number of nitrogens with one attached hydrogen (secondary N) is 2. The number of hydrogen-bond acceptors (Lipinski definition) is 4. The molecule has 0 aliphatic carbocycles. The summed E-state index contributed by atoms with van der Waals surface area (Å²) in [5, 5.41) is 5.56. The van der Waals surface area contributed by atoms with Gasteiger partial charge in [-0.15, -0.1) is 0 Å². The molecule has 1 aromatic carbocycles. The Bertz CT molecular complexity index is 897. The lowest BCUT2D eigenvalue weighted by atomic mass is 10.1. The van der Waals surface area contributed by atoms with Crippen LogP contribution in [0.3, 0.4) is 0 Å². The molecule has 0 unspecified atom stereocenters. The zero-order valence-corrected chi connectivity index (χ0v) is 18.8. The van der Waals surface area contributed by atoms with E-state index in [1.54, 1.807) is 24.4 Å². The van der Waals surface area contributed by atoms with Gasteiger partial charge in [-0.05, 0) is 55.5 Å². The highest BCUT2D eigenvalue weighted by atomic mass is 16.2. The summed E-state index contributed by atoms with van der Waals surface area (Å²) in [5.74, 6) is 0.136. The molecule has 2 N–H and O–H groups in total. The van der Waals surface area contributed by atoms with Crippen molar-refractivity contribution in [2.45, 2.75) is 47.0 Å². The summed E-state index contributed by atoms with van der Waals surface area (Å²) in [6.07, 6.45) is 2.45.